The molecule has 2 saturated heterocycles. The number of furan rings is 1. The summed E-state index contributed by atoms with van der Waals surface area (Å²) < 4.78 is 17.6. The lowest BCUT2D eigenvalue weighted by Gasteiger charge is -2.41. The molecule has 98 valence electrons. The SMILES string of the molecule is CC(C)=CC1CC2(C)CCC(c3ccoc3)(O1)O2. The van der Waals surface area contributed by atoms with E-state index in [0.717, 1.165) is 24.8 Å². The summed E-state index contributed by atoms with van der Waals surface area (Å²) >= 11 is 0. The summed E-state index contributed by atoms with van der Waals surface area (Å²) in [4.78, 5) is 0. The highest BCUT2D eigenvalue weighted by Crippen LogP contribution is 2.52. The summed E-state index contributed by atoms with van der Waals surface area (Å²) in [6.45, 7) is 6.39. The lowest BCUT2D eigenvalue weighted by molar-refractivity contribution is -0.311. The molecule has 0 N–H and O–H groups in total. The van der Waals surface area contributed by atoms with Crippen molar-refractivity contribution in [2.45, 2.75) is 57.5 Å². The van der Waals surface area contributed by atoms with Gasteiger partial charge < -0.3 is 13.9 Å². The van der Waals surface area contributed by atoms with Crippen molar-refractivity contribution in [2.24, 2.45) is 0 Å². The molecule has 1 aromatic rings. The van der Waals surface area contributed by atoms with E-state index in [9.17, 15) is 0 Å². The Hall–Kier alpha value is -1.06. The Morgan fingerprint density at radius 2 is 2.22 bits per heavy atom. The molecule has 3 atom stereocenters. The van der Waals surface area contributed by atoms with Gasteiger partial charge in [-0.2, -0.15) is 0 Å². The maximum atomic E-state index is 6.23. The van der Waals surface area contributed by atoms with Crippen molar-refractivity contribution in [2.75, 3.05) is 0 Å². The van der Waals surface area contributed by atoms with Crippen LogP contribution in [0.1, 0.15) is 45.6 Å². The molecule has 2 bridgehead atoms. The van der Waals surface area contributed by atoms with E-state index in [-0.39, 0.29) is 11.7 Å². The Balaban J connectivity index is 1.94. The fourth-order valence-electron chi connectivity index (χ4n) is 3.08. The van der Waals surface area contributed by atoms with Gasteiger partial charge in [0.15, 0.2) is 5.79 Å². The smallest absolute Gasteiger partial charge is 0.199 e. The molecule has 0 spiro atoms. The summed E-state index contributed by atoms with van der Waals surface area (Å²) in [5.74, 6) is -0.601. The van der Waals surface area contributed by atoms with Gasteiger partial charge >= 0.3 is 0 Å². The predicted octanol–water partition coefficient (Wildman–Crippen LogP) is 3.76. The van der Waals surface area contributed by atoms with Crippen molar-refractivity contribution in [3.05, 3.63) is 35.8 Å². The van der Waals surface area contributed by atoms with Crippen LogP contribution in [0.25, 0.3) is 0 Å². The Morgan fingerprint density at radius 3 is 2.89 bits per heavy atom. The van der Waals surface area contributed by atoms with E-state index in [4.69, 9.17) is 13.9 Å². The summed E-state index contributed by atoms with van der Waals surface area (Å²) in [6, 6.07) is 1.94. The fraction of sp³-hybridized carbons (Fsp3) is 0.600. The number of allylic oxidation sites excluding steroid dienone is 1. The van der Waals surface area contributed by atoms with Crippen LogP contribution in [0, 0.1) is 0 Å². The standard InChI is InChI=1S/C15H20O3/c1-11(2)8-13-9-14(3)5-6-15(17-13,18-14)12-4-7-16-10-12/h4,7-8,10,13H,5-6,9H2,1-3H3. The molecule has 0 saturated carbocycles. The van der Waals surface area contributed by atoms with Crippen molar-refractivity contribution in [1.29, 1.82) is 0 Å². The molecule has 0 amide bonds. The molecule has 0 aliphatic carbocycles. The molecule has 3 heterocycles. The molecule has 0 aromatic carbocycles. The zero-order valence-corrected chi connectivity index (χ0v) is 11.2. The van der Waals surface area contributed by atoms with Crippen LogP contribution >= 0.6 is 0 Å². The normalized spacial score (nSPS) is 38.7. The number of fused-ring (bicyclic) bond motifs is 2. The van der Waals surface area contributed by atoms with Crippen LogP contribution in [0.3, 0.4) is 0 Å². The topological polar surface area (TPSA) is 31.6 Å². The van der Waals surface area contributed by atoms with Crippen molar-refractivity contribution >= 4 is 0 Å². The summed E-state index contributed by atoms with van der Waals surface area (Å²) in [6.07, 6.45) is 8.60. The largest absolute Gasteiger partial charge is 0.472 e. The molecular weight excluding hydrogens is 228 g/mol. The van der Waals surface area contributed by atoms with Crippen molar-refractivity contribution in [1.82, 2.24) is 0 Å². The number of ether oxygens (including phenoxy) is 2. The maximum absolute atomic E-state index is 6.23. The minimum absolute atomic E-state index is 0.0772. The summed E-state index contributed by atoms with van der Waals surface area (Å²) in [5.41, 5.74) is 2.21. The number of rotatable bonds is 2. The highest BCUT2D eigenvalue weighted by Gasteiger charge is 2.55. The molecule has 2 fully saturated rings. The van der Waals surface area contributed by atoms with Gasteiger partial charge in [0.2, 0.25) is 0 Å². The van der Waals surface area contributed by atoms with Crippen LogP contribution in [0.5, 0.6) is 0 Å². The minimum atomic E-state index is -0.601. The van der Waals surface area contributed by atoms with Crippen LogP contribution in [0.4, 0.5) is 0 Å². The average Bonchev–Trinajstić information content (AvgIpc) is 2.85. The first-order chi connectivity index (χ1) is 8.51. The van der Waals surface area contributed by atoms with Gasteiger partial charge in [0, 0.05) is 18.4 Å². The van der Waals surface area contributed by atoms with E-state index < -0.39 is 5.79 Å². The van der Waals surface area contributed by atoms with Gasteiger partial charge in [0.05, 0.1) is 24.2 Å². The molecule has 3 rings (SSSR count). The first-order valence-corrected chi connectivity index (χ1v) is 6.57. The Kier molecular flexibility index (Phi) is 2.65. The second-order valence-electron chi connectivity index (χ2n) is 5.92. The third-order valence-corrected chi connectivity index (χ3v) is 3.85. The molecule has 2 aliphatic heterocycles. The monoisotopic (exact) mass is 248 g/mol. The first kappa shape index (κ1) is 12.0. The lowest BCUT2D eigenvalue weighted by Crippen LogP contribution is -2.44. The fourth-order valence-corrected chi connectivity index (χ4v) is 3.08. The molecule has 3 nitrogen and oxygen atoms in total. The van der Waals surface area contributed by atoms with Gasteiger partial charge in [-0.1, -0.05) is 11.6 Å². The van der Waals surface area contributed by atoms with Gasteiger partial charge in [-0.3, -0.25) is 0 Å². The third kappa shape index (κ3) is 1.91. The molecule has 18 heavy (non-hydrogen) atoms. The molecule has 3 heteroatoms. The Labute approximate surface area is 108 Å². The second-order valence-corrected chi connectivity index (χ2v) is 5.92. The average molecular weight is 248 g/mol. The molecule has 2 aliphatic rings. The van der Waals surface area contributed by atoms with Gasteiger partial charge in [-0.15, -0.1) is 0 Å². The number of hydrogen-bond donors (Lipinski definition) is 0. The summed E-state index contributed by atoms with van der Waals surface area (Å²) in [5, 5.41) is 0. The van der Waals surface area contributed by atoms with E-state index >= 15 is 0 Å². The zero-order valence-electron chi connectivity index (χ0n) is 11.2. The Morgan fingerprint density at radius 1 is 1.39 bits per heavy atom. The van der Waals surface area contributed by atoms with Gasteiger partial charge in [0.1, 0.15) is 0 Å². The van der Waals surface area contributed by atoms with E-state index in [1.165, 1.54) is 5.57 Å². The number of hydrogen-bond acceptors (Lipinski definition) is 3. The van der Waals surface area contributed by atoms with Gasteiger partial charge in [-0.05, 0) is 33.3 Å². The van der Waals surface area contributed by atoms with Gasteiger partial charge in [0.25, 0.3) is 0 Å². The van der Waals surface area contributed by atoms with E-state index in [1.54, 1.807) is 12.5 Å². The second kappa shape index (κ2) is 3.97. The van der Waals surface area contributed by atoms with Crippen LogP contribution in [-0.4, -0.2) is 11.7 Å². The first-order valence-electron chi connectivity index (χ1n) is 6.57. The van der Waals surface area contributed by atoms with E-state index in [0.29, 0.717) is 0 Å². The van der Waals surface area contributed by atoms with Crippen molar-refractivity contribution in [3.8, 4) is 0 Å². The molecular formula is C15H20O3. The molecule has 1 aromatic heterocycles. The summed E-state index contributed by atoms with van der Waals surface area (Å²) in [7, 11) is 0. The highest BCUT2D eigenvalue weighted by molar-refractivity contribution is 5.19. The zero-order chi connectivity index (χ0) is 12.8. The molecule has 0 radical (unpaired) electrons. The maximum Gasteiger partial charge on any atom is 0.199 e. The minimum Gasteiger partial charge on any atom is -0.472 e. The van der Waals surface area contributed by atoms with Crippen LogP contribution < -0.4 is 0 Å². The quantitative estimate of drug-likeness (QED) is 0.747. The van der Waals surface area contributed by atoms with E-state index in [2.05, 4.69) is 26.8 Å². The van der Waals surface area contributed by atoms with Gasteiger partial charge in [-0.25, -0.2) is 0 Å². The predicted molar refractivity (Wildman–Crippen MR) is 68.0 cm³/mol. The molecule has 3 unspecified atom stereocenters. The third-order valence-electron chi connectivity index (χ3n) is 3.85. The van der Waals surface area contributed by atoms with Crippen molar-refractivity contribution in [3.63, 3.8) is 0 Å². The highest BCUT2D eigenvalue weighted by atomic mass is 16.7. The van der Waals surface area contributed by atoms with Crippen LogP contribution in [0.15, 0.2) is 34.7 Å². The lowest BCUT2D eigenvalue weighted by atomic mass is 9.95. The van der Waals surface area contributed by atoms with Crippen molar-refractivity contribution < 1.29 is 13.9 Å². The Bertz CT molecular complexity index is 458. The van der Waals surface area contributed by atoms with Crippen LogP contribution in [-0.2, 0) is 15.3 Å². The van der Waals surface area contributed by atoms with Crippen LogP contribution in [0.2, 0.25) is 0 Å². The van der Waals surface area contributed by atoms with E-state index in [1.807, 2.05) is 6.07 Å².